The van der Waals surface area contributed by atoms with Gasteiger partial charge in [0.1, 0.15) is 0 Å². The summed E-state index contributed by atoms with van der Waals surface area (Å²) in [6.45, 7) is 5.50. The minimum atomic E-state index is -0.334. The fourth-order valence-electron chi connectivity index (χ4n) is 2.49. The van der Waals surface area contributed by atoms with Crippen LogP contribution in [0.4, 0.5) is 11.4 Å². The summed E-state index contributed by atoms with van der Waals surface area (Å²) in [7, 11) is 0. The molecule has 1 unspecified atom stereocenters. The van der Waals surface area contributed by atoms with E-state index in [1.54, 1.807) is 19.1 Å². The SMILES string of the molecule is Cc1ccc(NC(C)C2CCOCC2)cc1[N+](=O)[O-]. The van der Waals surface area contributed by atoms with E-state index >= 15 is 0 Å². The Kier molecular flexibility index (Phi) is 4.37. The Bertz CT molecular complexity index is 456. The summed E-state index contributed by atoms with van der Waals surface area (Å²) in [5, 5.41) is 14.3. The predicted octanol–water partition coefficient (Wildman–Crippen LogP) is 3.13. The summed E-state index contributed by atoms with van der Waals surface area (Å²) >= 11 is 0. The summed E-state index contributed by atoms with van der Waals surface area (Å²) in [5.74, 6) is 0.564. The molecule has 1 aliphatic heterocycles. The highest BCUT2D eigenvalue weighted by molar-refractivity contribution is 5.55. The number of hydrogen-bond acceptors (Lipinski definition) is 4. The van der Waals surface area contributed by atoms with Crippen molar-refractivity contribution in [1.82, 2.24) is 0 Å². The van der Waals surface area contributed by atoms with Crippen LogP contribution in [0.25, 0.3) is 0 Å². The van der Waals surface area contributed by atoms with Crippen molar-refractivity contribution >= 4 is 11.4 Å². The van der Waals surface area contributed by atoms with Gasteiger partial charge in [0.2, 0.25) is 0 Å². The van der Waals surface area contributed by atoms with E-state index in [-0.39, 0.29) is 10.6 Å². The Morgan fingerprint density at radius 3 is 2.74 bits per heavy atom. The number of anilines is 1. The summed E-state index contributed by atoms with van der Waals surface area (Å²) in [6, 6.07) is 5.60. The largest absolute Gasteiger partial charge is 0.382 e. The molecule has 1 atom stereocenters. The molecule has 0 bridgehead atoms. The van der Waals surface area contributed by atoms with Crippen LogP contribution in [0.3, 0.4) is 0 Å². The van der Waals surface area contributed by atoms with Gasteiger partial charge in [-0.3, -0.25) is 10.1 Å². The molecular formula is C14H20N2O3. The van der Waals surface area contributed by atoms with Crippen LogP contribution >= 0.6 is 0 Å². The highest BCUT2D eigenvalue weighted by Crippen LogP contribution is 2.26. The maximum atomic E-state index is 10.9. The number of ether oxygens (including phenoxy) is 1. The highest BCUT2D eigenvalue weighted by atomic mass is 16.6. The third kappa shape index (κ3) is 3.44. The van der Waals surface area contributed by atoms with Gasteiger partial charge >= 0.3 is 0 Å². The van der Waals surface area contributed by atoms with E-state index in [1.165, 1.54) is 0 Å². The molecule has 5 heteroatoms. The molecule has 2 rings (SSSR count). The molecule has 0 amide bonds. The first kappa shape index (κ1) is 13.8. The van der Waals surface area contributed by atoms with Gasteiger partial charge in [-0.1, -0.05) is 6.07 Å². The number of aryl methyl sites for hydroxylation is 1. The van der Waals surface area contributed by atoms with Crippen LogP contribution in [-0.2, 0) is 4.74 Å². The number of benzene rings is 1. The van der Waals surface area contributed by atoms with Crippen LogP contribution in [0.1, 0.15) is 25.3 Å². The average molecular weight is 264 g/mol. The smallest absolute Gasteiger partial charge is 0.274 e. The minimum Gasteiger partial charge on any atom is -0.382 e. The Morgan fingerprint density at radius 2 is 2.11 bits per heavy atom. The molecule has 1 saturated heterocycles. The Balaban J connectivity index is 2.05. The van der Waals surface area contributed by atoms with Gasteiger partial charge in [0.15, 0.2) is 0 Å². The fraction of sp³-hybridized carbons (Fsp3) is 0.571. The second kappa shape index (κ2) is 6.02. The van der Waals surface area contributed by atoms with Crippen LogP contribution < -0.4 is 5.32 Å². The second-order valence-electron chi connectivity index (χ2n) is 5.14. The molecule has 0 aliphatic carbocycles. The number of nitrogens with zero attached hydrogens (tertiary/aromatic N) is 1. The molecular weight excluding hydrogens is 244 g/mol. The molecule has 1 aromatic carbocycles. The summed E-state index contributed by atoms with van der Waals surface area (Å²) < 4.78 is 5.35. The van der Waals surface area contributed by atoms with E-state index in [0.717, 1.165) is 31.7 Å². The van der Waals surface area contributed by atoms with Gasteiger partial charge in [0.05, 0.1) is 4.92 Å². The lowest BCUT2D eigenvalue weighted by Crippen LogP contribution is -2.30. The maximum Gasteiger partial charge on any atom is 0.274 e. The second-order valence-corrected chi connectivity index (χ2v) is 5.14. The van der Waals surface area contributed by atoms with Crippen molar-refractivity contribution in [1.29, 1.82) is 0 Å². The standard InChI is InChI=1S/C14H20N2O3/c1-10-3-4-13(9-14(10)16(17)18)15-11(2)12-5-7-19-8-6-12/h3-4,9,11-12,15H,5-8H2,1-2H3. The molecule has 1 N–H and O–H groups in total. The van der Waals surface area contributed by atoms with Gasteiger partial charge in [-0.2, -0.15) is 0 Å². The van der Waals surface area contributed by atoms with Crippen molar-refractivity contribution in [3.8, 4) is 0 Å². The van der Waals surface area contributed by atoms with Gasteiger partial charge in [-0.15, -0.1) is 0 Å². The third-order valence-electron chi connectivity index (χ3n) is 3.77. The first-order chi connectivity index (χ1) is 9.08. The lowest BCUT2D eigenvalue weighted by Gasteiger charge is -2.29. The monoisotopic (exact) mass is 264 g/mol. The molecule has 1 fully saturated rings. The summed E-state index contributed by atoms with van der Waals surface area (Å²) in [6.07, 6.45) is 2.09. The van der Waals surface area contributed by atoms with E-state index in [1.807, 2.05) is 6.07 Å². The molecule has 0 aromatic heterocycles. The number of nitro groups is 1. The topological polar surface area (TPSA) is 64.4 Å². The van der Waals surface area contributed by atoms with Crippen molar-refractivity contribution in [2.24, 2.45) is 5.92 Å². The Morgan fingerprint density at radius 1 is 1.42 bits per heavy atom. The number of nitro benzene ring substituents is 1. The van der Waals surface area contributed by atoms with E-state index in [0.29, 0.717) is 17.5 Å². The Labute approximate surface area is 113 Å². The van der Waals surface area contributed by atoms with E-state index in [9.17, 15) is 10.1 Å². The average Bonchev–Trinajstić information content (AvgIpc) is 2.41. The normalized spacial score (nSPS) is 18.0. The van der Waals surface area contributed by atoms with Crippen LogP contribution in [0, 0.1) is 23.0 Å². The highest BCUT2D eigenvalue weighted by Gasteiger charge is 2.21. The molecule has 1 aliphatic rings. The van der Waals surface area contributed by atoms with Gasteiger partial charge in [-0.05, 0) is 38.7 Å². The molecule has 1 heterocycles. The maximum absolute atomic E-state index is 10.9. The zero-order chi connectivity index (χ0) is 13.8. The van der Waals surface area contributed by atoms with Gasteiger partial charge in [-0.25, -0.2) is 0 Å². The molecule has 1 aromatic rings. The number of rotatable bonds is 4. The zero-order valence-electron chi connectivity index (χ0n) is 11.4. The van der Waals surface area contributed by atoms with Crippen LogP contribution in [0.2, 0.25) is 0 Å². The van der Waals surface area contributed by atoms with E-state index < -0.39 is 0 Å². The molecule has 0 radical (unpaired) electrons. The van der Waals surface area contributed by atoms with Crippen molar-refractivity contribution in [2.75, 3.05) is 18.5 Å². The van der Waals surface area contributed by atoms with E-state index in [2.05, 4.69) is 12.2 Å². The molecule has 19 heavy (non-hydrogen) atoms. The van der Waals surface area contributed by atoms with Crippen molar-refractivity contribution in [3.05, 3.63) is 33.9 Å². The number of nitrogens with one attached hydrogen (secondary N) is 1. The van der Waals surface area contributed by atoms with E-state index in [4.69, 9.17) is 4.74 Å². The third-order valence-corrected chi connectivity index (χ3v) is 3.77. The molecule has 0 saturated carbocycles. The molecule has 104 valence electrons. The van der Waals surface area contributed by atoms with Crippen LogP contribution in [-0.4, -0.2) is 24.2 Å². The van der Waals surface area contributed by atoms with Crippen LogP contribution in [0.5, 0.6) is 0 Å². The zero-order valence-corrected chi connectivity index (χ0v) is 11.4. The summed E-state index contributed by atoms with van der Waals surface area (Å²) in [5.41, 5.74) is 1.68. The minimum absolute atomic E-state index is 0.171. The Hall–Kier alpha value is -1.62. The van der Waals surface area contributed by atoms with Gasteiger partial charge in [0.25, 0.3) is 5.69 Å². The van der Waals surface area contributed by atoms with Crippen molar-refractivity contribution < 1.29 is 9.66 Å². The first-order valence-corrected chi connectivity index (χ1v) is 6.67. The van der Waals surface area contributed by atoms with Gasteiger partial charge < -0.3 is 10.1 Å². The van der Waals surface area contributed by atoms with Crippen molar-refractivity contribution in [3.63, 3.8) is 0 Å². The predicted molar refractivity (Wildman–Crippen MR) is 74.5 cm³/mol. The van der Waals surface area contributed by atoms with Gasteiger partial charge in [0, 0.05) is 36.6 Å². The molecule has 5 nitrogen and oxygen atoms in total. The fourth-order valence-corrected chi connectivity index (χ4v) is 2.49. The number of hydrogen-bond donors (Lipinski definition) is 1. The van der Waals surface area contributed by atoms with Crippen molar-refractivity contribution in [2.45, 2.75) is 32.7 Å². The quantitative estimate of drug-likeness (QED) is 0.670. The lowest BCUT2D eigenvalue weighted by atomic mass is 9.93. The first-order valence-electron chi connectivity index (χ1n) is 6.67. The summed E-state index contributed by atoms with van der Waals surface area (Å²) in [4.78, 5) is 10.6. The lowest BCUT2D eigenvalue weighted by molar-refractivity contribution is -0.385. The molecule has 0 spiro atoms. The van der Waals surface area contributed by atoms with Crippen LogP contribution in [0.15, 0.2) is 18.2 Å².